The molecule has 1 N–H and O–H groups in total. The molecule has 1 unspecified atom stereocenters. The molecule has 110 valence electrons. The number of amides is 2. The van der Waals surface area contributed by atoms with Gasteiger partial charge in [0.2, 0.25) is 0 Å². The molecule has 1 aromatic carbocycles. The van der Waals surface area contributed by atoms with E-state index in [0.717, 1.165) is 31.4 Å². The van der Waals surface area contributed by atoms with E-state index in [1.807, 2.05) is 30.0 Å². The van der Waals surface area contributed by atoms with Gasteiger partial charge in [-0.2, -0.15) is 0 Å². The van der Waals surface area contributed by atoms with Crippen LogP contribution in [0.3, 0.4) is 0 Å². The van der Waals surface area contributed by atoms with Crippen LogP contribution in [0.25, 0.3) is 0 Å². The van der Waals surface area contributed by atoms with Crippen LogP contribution in [-0.4, -0.2) is 23.5 Å². The summed E-state index contributed by atoms with van der Waals surface area (Å²) < 4.78 is 0. The zero-order chi connectivity index (χ0) is 14.5. The molecule has 1 aliphatic rings. The summed E-state index contributed by atoms with van der Waals surface area (Å²) in [5.74, 6) is 0.635. The van der Waals surface area contributed by atoms with Crippen molar-refractivity contribution >= 4 is 6.03 Å². The number of urea groups is 1. The lowest BCUT2D eigenvalue weighted by molar-refractivity contribution is 0.188. The summed E-state index contributed by atoms with van der Waals surface area (Å²) >= 11 is 0. The average Bonchev–Trinajstić information content (AvgIpc) is 3.24. The maximum atomic E-state index is 12.4. The van der Waals surface area contributed by atoms with Gasteiger partial charge in [-0.1, -0.05) is 44.2 Å². The van der Waals surface area contributed by atoms with Gasteiger partial charge >= 0.3 is 6.03 Å². The Hall–Kier alpha value is -1.51. The van der Waals surface area contributed by atoms with E-state index in [1.165, 1.54) is 0 Å². The summed E-state index contributed by atoms with van der Waals surface area (Å²) in [6.45, 7) is 7.32. The maximum absolute atomic E-state index is 12.4. The molecule has 3 nitrogen and oxygen atoms in total. The summed E-state index contributed by atoms with van der Waals surface area (Å²) in [4.78, 5) is 14.5. The fraction of sp³-hybridized carbons (Fsp3) is 0.588. The largest absolute Gasteiger partial charge is 0.331 e. The molecule has 2 amide bonds. The Kier molecular flexibility index (Phi) is 5.05. The van der Waals surface area contributed by atoms with Crippen molar-refractivity contribution < 1.29 is 4.79 Å². The summed E-state index contributed by atoms with van der Waals surface area (Å²) in [7, 11) is 0. The molecular formula is C17H26N2O. The molecule has 1 atom stereocenters. The first-order chi connectivity index (χ1) is 9.58. The molecule has 0 aromatic heterocycles. The smallest absolute Gasteiger partial charge is 0.318 e. The quantitative estimate of drug-likeness (QED) is 0.836. The van der Waals surface area contributed by atoms with E-state index in [9.17, 15) is 4.79 Å². The molecule has 0 heterocycles. The standard InChI is InChI=1S/C17H26N2O/c1-13(2)11-12-19(16-9-10-16)17(20)18-14(3)15-7-5-4-6-8-15/h4-8,13-14,16H,9-12H2,1-3H3,(H,18,20). The molecule has 0 spiro atoms. The second-order valence-corrected chi connectivity index (χ2v) is 6.19. The highest BCUT2D eigenvalue weighted by molar-refractivity contribution is 5.75. The molecule has 1 aliphatic carbocycles. The Morgan fingerprint density at radius 1 is 1.25 bits per heavy atom. The summed E-state index contributed by atoms with van der Waals surface area (Å²) in [5.41, 5.74) is 1.15. The van der Waals surface area contributed by atoms with E-state index >= 15 is 0 Å². The molecule has 1 fully saturated rings. The highest BCUT2D eigenvalue weighted by Gasteiger charge is 2.32. The van der Waals surface area contributed by atoms with Crippen LogP contribution in [0.4, 0.5) is 4.79 Å². The lowest BCUT2D eigenvalue weighted by Gasteiger charge is -2.26. The first-order valence-electron chi connectivity index (χ1n) is 7.70. The first kappa shape index (κ1) is 14.9. The monoisotopic (exact) mass is 274 g/mol. The van der Waals surface area contributed by atoms with Crippen molar-refractivity contribution in [2.45, 2.75) is 52.1 Å². The van der Waals surface area contributed by atoms with Crippen LogP contribution in [-0.2, 0) is 0 Å². The third kappa shape index (κ3) is 4.26. The van der Waals surface area contributed by atoms with Crippen molar-refractivity contribution in [1.82, 2.24) is 10.2 Å². The predicted molar refractivity (Wildman–Crippen MR) is 82.6 cm³/mol. The van der Waals surface area contributed by atoms with Crippen LogP contribution in [0.2, 0.25) is 0 Å². The minimum Gasteiger partial charge on any atom is -0.331 e. The first-order valence-corrected chi connectivity index (χ1v) is 7.70. The fourth-order valence-electron chi connectivity index (χ4n) is 2.33. The minimum atomic E-state index is 0.0593. The summed E-state index contributed by atoms with van der Waals surface area (Å²) in [6.07, 6.45) is 3.39. The van der Waals surface area contributed by atoms with E-state index in [4.69, 9.17) is 0 Å². The van der Waals surface area contributed by atoms with E-state index in [2.05, 4.69) is 31.3 Å². The maximum Gasteiger partial charge on any atom is 0.318 e. The Morgan fingerprint density at radius 2 is 1.90 bits per heavy atom. The van der Waals surface area contributed by atoms with Crippen LogP contribution in [0.5, 0.6) is 0 Å². The molecule has 1 aromatic rings. The van der Waals surface area contributed by atoms with Crippen LogP contribution in [0.15, 0.2) is 30.3 Å². The van der Waals surface area contributed by atoms with E-state index in [0.29, 0.717) is 12.0 Å². The second-order valence-electron chi connectivity index (χ2n) is 6.19. The average molecular weight is 274 g/mol. The third-order valence-corrected chi connectivity index (χ3v) is 3.84. The zero-order valence-electron chi connectivity index (χ0n) is 12.8. The SMILES string of the molecule is CC(C)CCN(C(=O)NC(C)c1ccccc1)C1CC1. The van der Waals surface area contributed by atoms with Gasteiger partial charge in [0.25, 0.3) is 0 Å². The lowest BCUT2D eigenvalue weighted by Crippen LogP contribution is -2.43. The number of carbonyl (C=O) groups is 1. The predicted octanol–water partition coefficient (Wildman–Crippen LogP) is 3.97. The van der Waals surface area contributed by atoms with Gasteiger partial charge in [-0.3, -0.25) is 0 Å². The van der Waals surface area contributed by atoms with Crippen molar-refractivity contribution in [3.8, 4) is 0 Å². The number of carbonyl (C=O) groups excluding carboxylic acids is 1. The number of rotatable bonds is 6. The number of benzene rings is 1. The molecule has 2 rings (SSSR count). The molecule has 0 aliphatic heterocycles. The van der Waals surface area contributed by atoms with Gasteiger partial charge < -0.3 is 10.2 Å². The van der Waals surface area contributed by atoms with Gasteiger partial charge in [0, 0.05) is 12.6 Å². The van der Waals surface area contributed by atoms with Crippen molar-refractivity contribution in [2.24, 2.45) is 5.92 Å². The Bertz CT molecular complexity index is 426. The zero-order valence-corrected chi connectivity index (χ0v) is 12.8. The van der Waals surface area contributed by atoms with Gasteiger partial charge in [0.15, 0.2) is 0 Å². The van der Waals surface area contributed by atoms with E-state index in [-0.39, 0.29) is 12.1 Å². The van der Waals surface area contributed by atoms with Gasteiger partial charge in [-0.25, -0.2) is 4.79 Å². The summed E-state index contributed by atoms with van der Waals surface area (Å²) in [5, 5.41) is 3.13. The lowest BCUT2D eigenvalue weighted by atomic mass is 10.1. The van der Waals surface area contributed by atoms with Crippen LogP contribution in [0.1, 0.15) is 51.6 Å². The third-order valence-electron chi connectivity index (χ3n) is 3.84. The number of hydrogen-bond acceptors (Lipinski definition) is 1. The number of nitrogens with one attached hydrogen (secondary N) is 1. The van der Waals surface area contributed by atoms with Crippen LogP contribution in [0, 0.1) is 5.92 Å². The topological polar surface area (TPSA) is 32.3 Å². The molecule has 0 saturated heterocycles. The van der Waals surface area contributed by atoms with E-state index < -0.39 is 0 Å². The Morgan fingerprint density at radius 3 is 2.45 bits per heavy atom. The fourth-order valence-corrected chi connectivity index (χ4v) is 2.33. The van der Waals surface area contributed by atoms with Gasteiger partial charge in [0.1, 0.15) is 0 Å². The van der Waals surface area contributed by atoms with Crippen LogP contribution >= 0.6 is 0 Å². The van der Waals surface area contributed by atoms with Crippen molar-refractivity contribution in [3.05, 3.63) is 35.9 Å². The molecule has 3 heteroatoms. The normalized spacial score (nSPS) is 16.0. The minimum absolute atomic E-state index is 0.0593. The van der Waals surface area contributed by atoms with Crippen molar-refractivity contribution in [2.75, 3.05) is 6.54 Å². The highest BCUT2D eigenvalue weighted by Crippen LogP contribution is 2.28. The van der Waals surface area contributed by atoms with Crippen molar-refractivity contribution in [1.29, 1.82) is 0 Å². The number of hydrogen-bond donors (Lipinski definition) is 1. The van der Waals surface area contributed by atoms with Crippen LogP contribution < -0.4 is 5.32 Å². The van der Waals surface area contributed by atoms with Gasteiger partial charge in [-0.05, 0) is 37.7 Å². The molecule has 20 heavy (non-hydrogen) atoms. The number of nitrogens with zero attached hydrogens (tertiary/aromatic N) is 1. The second kappa shape index (κ2) is 6.78. The van der Waals surface area contributed by atoms with Crippen molar-refractivity contribution in [3.63, 3.8) is 0 Å². The van der Waals surface area contributed by atoms with Gasteiger partial charge in [0.05, 0.1) is 6.04 Å². The molecular weight excluding hydrogens is 248 g/mol. The highest BCUT2D eigenvalue weighted by atomic mass is 16.2. The summed E-state index contributed by atoms with van der Waals surface area (Å²) in [6, 6.07) is 10.7. The molecule has 0 radical (unpaired) electrons. The Labute approximate surface area is 122 Å². The molecule has 0 bridgehead atoms. The van der Waals surface area contributed by atoms with E-state index in [1.54, 1.807) is 0 Å². The van der Waals surface area contributed by atoms with Gasteiger partial charge in [-0.15, -0.1) is 0 Å². The molecule has 1 saturated carbocycles. The Balaban J connectivity index is 1.91.